The highest BCUT2D eigenvalue weighted by Gasteiger charge is 2.18. The first-order valence-electron chi connectivity index (χ1n) is 4.09. The van der Waals surface area contributed by atoms with Gasteiger partial charge in [-0.3, -0.25) is 0 Å². The van der Waals surface area contributed by atoms with E-state index in [1.54, 1.807) is 0 Å². The van der Waals surface area contributed by atoms with E-state index in [-0.39, 0.29) is 5.54 Å². The van der Waals surface area contributed by atoms with Crippen LogP contribution in [0.15, 0.2) is 0 Å². The molecule has 2 nitrogen and oxygen atoms in total. The average molecular weight is 142 g/mol. The molecule has 1 aliphatic rings. The summed E-state index contributed by atoms with van der Waals surface area (Å²) >= 11 is 0. The zero-order valence-electron chi connectivity index (χ0n) is 7.06. The van der Waals surface area contributed by atoms with Crippen LogP contribution in [-0.4, -0.2) is 30.1 Å². The summed E-state index contributed by atoms with van der Waals surface area (Å²) in [7, 11) is 0. The van der Waals surface area contributed by atoms with E-state index in [9.17, 15) is 0 Å². The third kappa shape index (κ3) is 2.67. The van der Waals surface area contributed by atoms with Gasteiger partial charge < -0.3 is 10.6 Å². The van der Waals surface area contributed by atoms with E-state index < -0.39 is 0 Å². The summed E-state index contributed by atoms with van der Waals surface area (Å²) in [6, 6.07) is 0. The SMILES string of the molecule is CC(C)(N)CN1CCCC1. The molecule has 60 valence electrons. The highest BCUT2D eigenvalue weighted by atomic mass is 15.2. The summed E-state index contributed by atoms with van der Waals surface area (Å²) in [5, 5.41) is 0. The Kier molecular flexibility index (Phi) is 2.32. The van der Waals surface area contributed by atoms with Crippen LogP contribution < -0.4 is 5.73 Å². The number of rotatable bonds is 2. The van der Waals surface area contributed by atoms with Gasteiger partial charge >= 0.3 is 0 Å². The van der Waals surface area contributed by atoms with Crippen LogP contribution in [0.4, 0.5) is 0 Å². The van der Waals surface area contributed by atoms with Crippen molar-refractivity contribution in [3.63, 3.8) is 0 Å². The van der Waals surface area contributed by atoms with Crippen molar-refractivity contribution in [3.8, 4) is 0 Å². The maximum absolute atomic E-state index is 5.87. The summed E-state index contributed by atoms with van der Waals surface area (Å²) in [6.07, 6.45) is 2.71. The average Bonchev–Trinajstić information content (AvgIpc) is 2.12. The molecule has 1 fully saturated rings. The van der Waals surface area contributed by atoms with Crippen LogP contribution in [0.25, 0.3) is 0 Å². The fraction of sp³-hybridized carbons (Fsp3) is 1.00. The molecule has 2 N–H and O–H groups in total. The second-order valence-corrected chi connectivity index (χ2v) is 3.97. The number of nitrogens with zero attached hydrogens (tertiary/aromatic N) is 1. The second kappa shape index (κ2) is 2.89. The molecule has 0 aromatic rings. The Labute approximate surface area is 63.4 Å². The minimum atomic E-state index is -0.00958. The van der Waals surface area contributed by atoms with Gasteiger partial charge in [0.1, 0.15) is 0 Å². The fourth-order valence-corrected chi connectivity index (χ4v) is 1.52. The quantitative estimate of drug-likeness (QED) is 0.618. The van der Waals surface area contributed by atoms with Gasteiger partial charge in [0.05, 0.1) is 0 Å². The van der Waals surface area contributed by atoms with Crippen molar-refractivity contribution < 1.29 is 0 Å². The molecule has 1 rings (SSSR count). The van der Waals surface area contributed by atoms with E-state index in [1.807, 2.05) is 0 Å². The molecule has 0 aliphatic carbocycles. The molecule has 2 heteroatoms. The first-order chi connectivity index (χ1) is 4.58. The van der Waals surface area contributed by atoms with Gasteiger partial charge in [-0.25, -0.2) is 0 Å². The van der Waals surface area contributed by atoms with Crippen LogP contribution in [0.3, 0.4) is 0 Å². The van der Waals surface area contributed by atoms with E-state index in [4.69, 9.17) is 5.73 Å². The predicted molar refractivity (Wildman–Crippen MR) is 43.9 cm³/mol. The van der Waals surface area contributed by atoms with E-state index in [0.29, 0.717) is 0 Å². The summed E-state index contributed by atoms with van der Waals surface area (Å²) < 4.78 is 0. The molecule has 0 bridgehead atoms. The number of hydrogen-bond donors (Lipinski definition) is 1. The molecular formula is C8H18N2. The van der Waals surface area contributed by atoms with Crippen molar-refractivity contribution in [2.45, 2.75) is 32.2 Å². The molecular weight excluding hydrogens is 124 g/mol. The molecule has 0 spiro atoms. The molecule has 1 heterocycles. The standard InChI is InChI=1S/C8H18N2/c1-8(2,9)7-10-5-3-4-6-10/h3-7,9H2,1-2H3. The monoisotopic (exact) mass is 142 g/mol. The van der Waals surface area contributed by atoms with Crippen LogP contribution in [0.5, 0.6) is 0 Å². The zero-order chi connectivity index (χ0) is 7.61. The van der Waals surface area contributed by atoms with Gasteiger partial charge in [-0.2, -0.15) is 0 Å². The van der Waals surface area contributed by atoms with E-state index >= 15 is 0 Å². The zero-order valence-corrected chi connectivity index (χ0v) is 7.06. The highest BCUT2D eigenvalue weighted by Crippen LogP contribution is 2.10. The Hall–Kier alpha value is -0.0800. The topological polar surface area (TPSA) is 29.3 Å². The van der Waals surface area contributed by atoms with Gasteiger partial charge in [0.2, 0.25) is 0 Å². The highest BCUT2D eigenvalue weighted by molar-refractivity contribution is 4.79. The Morgan fingerprint density at radius 2 is 1.80 bits per heavy atom. The Balaban J connectivity index is 2.24. The van der Waals surface area contributed by atoms with Gasteiger partial charge in [0.15, 0.2) is 0 Å². The largest absolute Gasteiger partial charge is 0.324 e. The lowest BCUT2D eigenvalue weighted by molar-refractivity contribution is 0.271. The molecule has 0 aromatic heterocycles. The summed E-state index contributed by atoms with van der Waals surface area (Å²) in [5.41, 5.74) is 5.86. The summed E-state index contributed by atoms with van der Waals surface area (Å²) in [5.74, 6) is 0. The Bertz CT molecular complexity index is 98.3. The Morgan fingerprint density at radius 3 is 2.20 bits per heavy atom. The third-order valence-corrected chi connectivity index (χ3v) is 1.83. The van der Waals surface area contributed by atoms with Gasteiger partial charge in [0.25, 0.3) is 0 Å². The van der Waals surface area contributed by atoms with Crippen LogP contribution in [0.1, 0.15) is 26.7 Å². The van der Waals surface area contributed by atoms with Crippen molar-refractivity contribution in [1.29, 1.82) is 0 Å². The molecule has 1 saturated heterocycles. The van der Waals surface area contributed by atoms with Crippen molar-refractivity contribution in [2.75, 3.05) is 19.6 Å². The number of hydrogen-bond acceptors (Lipinski definition) is 2. The van der Waals surface area contributed by atoms with Crippen LogP contribution in [-0.2, 0) is 0 Å². The molecule has 0 atom stereocenters. The molecule has 1 aliphatic heterocycles. The first kappa shape index (κ1) is 8.02. The van der Waals surface area contributed by atoms with Gasteiger partial charge in [-0.1, -0.05) is 0 Å². The van der Waals surface area contributed by atoms with Crippen molar-refractivity contribution in [1.82, 2.24) is 4.90 Å². The number of nitrogens with two attached hydrogens (primary N) is 1. The van der Waals surface area contributed by atoms with Crippen molar-refractivity contribution >= 4 is 0 Å². The lowest BCUT2D eigenvalue weighted by Gasteiger charge is -2.25. The Morgan fingerprint density at radius 1 is 1.30 bits per heavy atom. The second-order valence-electron chi connectivity index (χ2n) is 3.97. The van der Waals surface area contributed by atoms with Crippen LogP contribution in [0, 0.1) is 0 Å². The lowest BCUT2D eigenvalue weighted by Crippen LogP contribution is -2.44. The third-order valence-electron chi connectivity index (χ3n) is 1.83. The predicted octanol–water partition coefficient (Wildman–Crippen LogP) is 0.819. The van der Waals surface area contributed by atoms with Crippen LogP contribution >= 0.6 is 0 Å². The molecule has 10 heavy (non-hydrogen) atoms. The fourth-order valence-electron chi connectivity index (χ4n) is 1.52. The van der Waals surface area contributed by atoms with Crippen LogP contribution in [0.2, 0.25) is 0 Å². The normalized spacial score (nSPS) is 21.9. The van der Waals surface area contributed by atoms with Gasteiger partial charge in [-0.15, -0.1) is 0 Å². The lowest BCUT2D eigenvalue weighted by atomic mass is 10.1. The smallest absolute Gasteiger partial charge is 0.0226 e. The molecule has 0 saturated carbocycles. The number of likely N-dealkylation sites (tertiary alicyclic amines) is 1. The summed E-state index contributed by atoms with van der Waals surface area (Å²) in [4.78, 5) is 2.44. The minimum Gasteiger partial charge on any atom is -0.324 e. The first-order valence-corrected chi connectivity index (χ1v) is 4.09. The molecule has 0 radical (unpaired) electrons. The van der Waals surface area contributed by atoms with Gasteiger partial charge in [0, 0.05) is 12.1 Å². The van der Waals surface area contributed by atoms with E-state index in [1.165, 1.54) is 25.9 Å². The molecule has 0 amide bonds. The van der Waals surface area contributed by atoms with Gasteiger partial charge in [-0.05, 0) is 39.8 Å². The molecule has 0 aromatic carbocycles. The van der Waals surface area contributed by atoms with Crippen molar-refractivity contribution in [2.24, 2.45) is 5.73 Å². The van der Waals surface area contributed by atoms with Crippen molar-refractivity contribution in [3.05, 3.63) is 0 Å². The summed E-state index contributed by atoms with van der Waals surface area (Å²) in [6.45, 7) is 7.73. The molecule has 0 unspecified atom stereocenters. The maximum Gasteiger partial charge on any atom is 0.0226 e. The minimum absolute atomic E-state index is 0.00958. The maximum atomic E-state index is 5.87. The van der Waals surface area contributed by atoms with E-state index in [2.05, 4.69) is 18.7 Å². The van der Waals surface area contributed by atoms with E-state index in [0.717, 1.165) is 6.54 Å².